The number of aromatic nitrogens is 3. The minimum atomic E-state index is 0.916. The van der Waals surface area contributed by atoms with Gasteiger partial charge in [-0.15, -0.1) is 10.2 Å². The van der Waals surface area contributed by atoms with Crippen molar-refractivity contribution in [1.82, 2.24) is 15.0 Å². The number of rotatable bonds is 1. The first kappa shape index (κ1) is 13.3. The first-order valence-electron chi connectivity index (χ1n) is 8.04. The van der Waals surface area contributed by atoms with Gasteiger partial charge in [0.15, 0.2) is 0 Å². The molecule has 0 bridgehead atoms. The summed E-state index contributed by atoms with van der Waals surface area (Å²) in [7, 11) is 0. The zero-order chi connectivity index (χ0) is 16.1. The molecule has 5 rings (SSSR count). The lowest BCUT2D eigenvalue weighted by Crippen LogP contribution is -1.97. The lowest BCUT2D eigenvalue weighted by atomic mass is 9.99. The Morgan fingerprint density at radius 3 is 2.42 bits per heavy atom. The largest absolute Gasteiger partial charge is 0.150 e. The van der Waals surface area contributed by atoms with E-state index >= 15 is 0 Å². The molecule has 0 amide bonds. The van der Waals surface area contributed by atoms with Crippen molar-refractivity contribution in [2.45, 2.75) is 6.92 Å². The van der Waals surface area contributed by atoms with Crippen LogP contribution in [0.4, 0.5) is 0 Å². The summed E-state index contributed by atoms with van der Waals surface area (Å²) in [6.07, 6.45) is 0. The molecule has 0 saturated heterocycles. The fourth-order valence-corrected chi connectivity index (χ4v) is 3.32. The van der Waals surface area contributed by atoms with Gasteiger partial charge in [0.1, 0.15) is 11.0 Å². The maximum atomic E-state index is 4.79. The standard InChI is InChI=1S/C21H15N3/c1-14-7-11-18-16(13-14)9-8-15-10-12-19-21(20(15)18)23-24(22-19)17-5-3-2-4-6-17/h2-13H,1H3. The van der Waals surface area contributed by atoms with Gasteiger partial charge in [0.25, 0.3) is 0 Å². The van der Waals surface area contributed by atoms with Crippen LogP contribution in [0.1, 0.15) is 5.56 Å². The van der Waals surface area contributed by atoms with E-state index in [1.807, 2.05) is 36.4 Å². The van der Waals surface area contributed by atoms with Crippen molar-refractivity contribution in [1.29, 1.82) is 0 Å². The molecule has 0 N–H and O–H groups in total. The van der Waals surface area contributed by atoms with Crippen LogP contribution in [-0.4, -0.2) is 15.0 Å². The quantitative estimate of drug-likeness (QED) is 0.406. The second-order valence-electron chi connectivity index (χ2n) is 6.15. The van der Waals surface area contributed by atoms with E-state index in [0.717, 1.165) is 16.7 Å². The summed E-state index contributed by atoms with van der Waals surface area (Å²) in [6, 6.07) is 25.1. The van der Waals surface area contributed by atoms with E-state index in [4.69, 9.17) is 5.10 Å². The number of benzene rings is 4. The monoisotopic (exact) mass is 309 g/mol. The van der Waals surface area contributed by atoms with Crippen molar-refractivity contribution in [3.8, 4) is 5.69 Å². The van der Waals surface area contributed by atoms with Gasteiger partial charge in [-0.05, 0) is 41.3 Å². The number of hydrogen-bond acceptors (Lipinski definition) is 2. The van der Waals surface area contributed by atoms with Crippen molar-refractivity contribution in [3.05, 3.63) is 78.4 Å². The third kappa shape index (κ3) is 1.91. The summed E-state index contributed by atoms with van der Waals surface area (Å²) in [4.78, 5) is 1.72. The molecule has 4 aromatic carbocycles. The average Bonchev–Trinajstić information content (AvgIpc) is 3.06. The topological polar surface area (TPSA) is 30.7 Å². The number of hydrogen-bond donors (Lipinski definition) is 0. The van der Waals surface area contributed by atoms with Crippen LogP contribution in [0.5, 0.6) is 0 Å². The zero-order valence-electron chi connectivity index (χ0n) is 13.3. The number of para-hydroxylation sites is 1. The highest BCUT2D eigenvalue weighted by atomic mass is 15.5. The van der Waals surface area contributed by atoms with Gasteiger partial charge in [0.2, 0.25) is 0 Å². The Bertz CT molecular complexity index is 1200. The molecule has 3 nitrogen and oxygen atoms in total. The minimum absolute atomic E-state index is 0.916. The average molecular weight is 309 g/mol. The molecule has 0 aliphatic rings. The highest BCUT2D eigenvalue weighted by molar-refractivity contribution is 6.18. The molecule has 0 aliphatic carbocycles. The Hall–Kier alpha value is -3.20. The number of aryl methyl sites for hydroxylation is 1. The van der Waals surface area contributed by atoms with Crippen LogP contribution in [0.2, 0.25) is 0 Å². The minimum Gasteiger partial charge on any atom is -0.150 e. The lowest BCUT2D eigenvalue weighted by molar-refractivity contribution is 0.766. The summed E-state index contributed by atoms with van der Waals surface area (Å²) in [6.45, 7) is 2.12. The normalized spacial score (nSPS) is 11.5. The van der Waals surface area contributed by atoms with Crippen LogP contribution in [0.3, 0.4) is 0 Å². The van der Waals surface area contributed by atoms with E-state index in [0.29, 0.717) is 0 Å². The van der Waals surface area contributed by atoms with Crippen molar-refractivity contribution in [2.24, 2.45) is 0 Å². The van der Waals surface area contributed by atoms with E-state index in [-0.39, 0.29) is 0 Å². The Morgan fingerprint density at radius 2 is 1.54 bits per heavy atom. The highest BCUT2D eigenvalue weighted by Crippen LogP contribution is 2.31. The van der Waals surface area contributed by atoms with E-state index in [1.165, 1.54) is 27.1 Å². The first-order valence-corrected chi connectivity index (χ1v) is 8.04. The zero-order valence-corrected chi connectivity index (χ0v) is 13.3. The lowest BCUT2D eigenvalue weighted by Gasteiger charge is -2.05. The van der Waals surface area contributed by atoms with Crippen LogP contribution in [0, 0.1) is 6.92 Å². The molecule has 0 saturated carbocycles. The van der Waals surface area contributed by atoms with Crippen molar-refractivity contribution in [3.63, 3.8) is 0 Å². The summed E-state index contributed by atoms with van der Waals surface area (Å²) in [5.41, 5.74) is 4.10. The SMILES string of the molecule is Cc1ccc2c(ccc3ccc4nn(-c5ccccc5)nc4c32)c1. The van der Waals surface area contributed by atoms with Gasteiger partial charge in [-0.25, -0.2) is 0 Å². The summed E-state index contributed by atoms with van der Waals surface area (Å²) >= 11 is 0. The maximum Gasteiger partial charge on any atom is 0.122 e. The Kier molecular flexibility index (Phi) is 2.71. The van der Waals surface area contributed by atoms with E-state index in [2.05, 4.69) is 48.4 Å². The molecule has 0 atom stereocenters. The highest BCUT2D eigenvalue weighted by Gasteiger charge is 2.11. The predicted molar refractivity (Wildman–Crippen MR) is 98.6 cm³/mol. The van der Waals surface area contributed by atoms with Gasteiger partial charge in [0.05, 0.1) is 5.69 Å². The first-order chi connectivity index (χ1) is 11.8. The molecule has 1 heterocycles. The van der Waals surface area contributed by atoms with Crippen molar-refractivity contribution >= 4 is 32.6 Å². The van der Waals surface area contributed by atoms with Gasteiger partial charge >= 0.3 is 0 Å². The smallest absolute Gasteiger partial charge is 0.122 e. The molecule has 3 heteroatoms. The molecule has 24 heavy (non-hydrogen) atoms. The molecule has 0 unspecified atom stereocenters. The third-order valence-corrected chi connectivity index (χ3v) is 4.49. The number of fused-ring (bicyclic) bond motifs is 5. The van der Waals surface area contributed by atoms with Gasteiger partial charge in [-0.2, -0.15) is 4.80 Å². The maximum absolute atomic E-state index is 4.79. The summed E-state index contributed by atoms with van der Waals surface area (Å²) in [5.74, 6) is 0. The third-order valence-electron chi connectivity index (χ3n) is 4.49. The van der Waals surface area contributed by atoms with E-state index < -0.39 is 0 Å². The van der Waals surface area contributed by atoms with Crippen LogP contribution in [-0.2, 0) is 0 Å². The second-order valence-corrected chi connectivity index (χ2v) is 6.15. The Labute approximate surface area is 139 Å². The Balaban J connectivity index is 1.90. The van der Waals surface area contributed by atoms with Crippen molar-refractivity contribution in [2.75, 3.05) is 0 Å². The predicted octanol–water partition coefficient (Wildman–Crippen LogP) is 5.04. The van der Waals surface area contributed by atoms with Crippen LogP contribution >= 0.6 is 0 Å². The molecule has 1 aromatic heterocycles. The van der Waals surface area contributed by atoms with Gasteiger partial charge < -0.3 is 0 Å². The molecular formula is C21H15N3. The molecule has 5 aromatic rings. The van der Waals surface area contributed by atoms with Crippen LogP contribution < -0.4 is 0 Å². The fraction of sp³-hybridized carbons (Fsp3) is 0.0476. The van der Waals surface area contributed by atoms with Gasteiger partial charge in [-0.1, -0.05) is 60.2 Å². The fourth-order valence-electron chi connectivity index (χ4n) is 3.32. The molecular weight excluding hydrogens is 294 g/mol. The van der Waals surface area contributed by atoms with E-state index in [9.17, 15) is 0 Å². The molecule has 0 aliphatic heterocycles. The number of nitrogens with zero attached hydrogens (tertiary/aromatic N) is 3. The molecule has 0 radical (unpaired) electrons. The Morgan fingerprint density at radius 1 is 0.750 bits per heavy atom. The van der Waals surface area contributed by atoms with Gasteiger partial charge in [-0.3, -0.25) is 0 Å². The van der Waals surface area contributed by atoms with Crippen LogP contribution in [0.15, 0.2) is 72.8 Å². The van der Waals surface area contributed by atoms with Gasteiger partial charge in [0, 0.05) is 5.39 Å². The molecule has 0 fully saturated rings. The summed E-state index contributed by atoms with van der Waals surface area (Å²) in [5, 5.41) is 14.3. The van der Waals surface area contributed by atoms with Crippen LogP contribution in [0.25, 0.3) is 38.3 Å². The summed E-state index contributed by atoms with van der Waals surface area (Å²) < 4.78 is 0. The molecule has 114 valence electrons. The van der Waals surface area contributed by atoms with Crippen molar-refractivity contribution < 1.29 is 0 Å². The molecule has 0 spiro atoms. The second kappa shape index (κ2) is 4.90. The van der Waals surface area contributed by atoms with E-state index in [1.54, 1.807) is 4.80 Å².